The van der Waals surface area contributed by atoms with Gasteiger partial charge in [0.15, 0.2) is 0 Å². The molecule has 0 heterocycles. The zero-order valence-electron chi connectivity index (χ0n) is 27.2. The topological polar surface area (TPSA) is 144 Å². The van der Waals surface area contributed by atoms with Crippen LogP contribution in [0.15, 0.2) is 47.5 Å². The van der Waals surface area contributed by atoms with E-state index in [0.29, 0.717) is 12.8 Å². The van der Waals surface area contributed by atoms with Crippen LogP contribution in [-0.4, -0.2) is 49.9 Å². The van der Waals surface area contributed by atoms with Gasteiger partial charge in [-0.3, -0.25) is 4.79 Å². The Morgan fingerprint density at radius 3 is 1.81 bits per heavy atom. The lowest BCUT2D eigenvalue weighted by Crippen LogP contribution is -2.47. The number of rotatable bonds is 9. The highest BCUT2D eigenvalue weighted by Crippen LogP contribution is 2.39. The summed E-state index contributed by atoms with van der Waals surface area (Å²) in [6.45, 7) is 0. The summed E-state index contributed by atoms with van der Waals surface area (Å²) in [5.41, 5.74) is -0.826. The second-order valence-corrected chi connectivity index (χ2v) is 12.6. The summed E-state index contributed by atoms with van der Waals surface area (Å²) < 4.78 is 99.2. The number of nitrogens with one attached hydrogen (secondary N) is 3. The van der Waals surface area contributed by atoms with Gasteiger partial charge in [0, 0.05) is 24.3 Å². The lowest BCUT2D eigenvalue weighted by atomic mass is 9.83. The molecule has 0 saturated heterocycles. The van der Waals surface area contributed by atoms with Crippen LogP contribution in [0.25, 0.3) is 0 Å². The number of nitrogens with zero attached hydrogens (tertiary/aromatic N) is 1. The summed E-state index contributed by atoms with van der Waals surface area (Å²) >= 11 is 23.0. The van der Waals surface area contributed by atoms with E-state index in [-0.39, 0.29) is 48.6 Å². The minimum absolute atomic E-state index is 0.145. The maximum atomic E-state index is 14.0. The van der Waals surface area contributed by atoms with Gasteiger partial charge >= 0.3 is 24.7 Å². The number of carbonyl (C=O) groups is 3. The van der Waals surface area contributed by atoms with Gasteiger partial charge < -0.3 is 30.2 Å². The molecule has 1 atom stereocenters. The van der Waals surface area contributed by atoms with Gasteiger partial charge in [0.05, 0.1) is 44.1 Å². The van der Waals surface area contributed by atoms with Gasteiger partial charge in [0.2, 0.25) is 6.08 Å². The molecule has 22 heteroatoms. The summed E-state index contributed by atoms with van der Waals surface area (Å²) in [6, 6.07) is 4.30. The molecule has 3 N–H and O–H groups in total. The van der Waals surface area contributed by atoms with Crippen molar-refractivity contribution < 1.29 is 64.1 Å². The number of hydrogen-bond acceptors (Lipinski definition) is 8. The van der Waals surface area contributed by atoms with Gasteiger partial charge in [-0.2, -0.15) is 4.99 Å². The van der Waals surface area contributed by atoms with Crippen LogP contribution in [0.1, 0.15) is 42.5 Å². The van der Waals surface area contributed by atoms with E-state index in [2.05, 4.69) is 30.4 Å². The van der Waals surface area contributed by atoms with Gasteiger partial charge in [0.1, 0.15) is 29.0 Å². The number of ether oxygens (including phenoxy) is 3. The largest absolute Gasteiger partial charge is 0.573 e. The van der Waals surface area contributed by atoms with Crippen molar-refractivity contribution >= 4 is 87.5 Å². The minimum atomic E-state index is -4.99. The van der Waals surface area contributed by atoms with Gasteiger partial charge in [-0.15, -0.1) is 26.3 Å². The van der Waals surface area contributed by atoms with Crippen molar-refractivity contribution in [2.75, 3.05) is 17.7 Å². The van der Waals surface area contributed by atoms with Crippen molar-refractivity contribution in [3.63, 3.8) is 0 Å². The van der Waals surface area contributed by atoms with Crippen molar-refractivity contribution in [3.05, 3.63) is 73.9 Å². The molecule has 0 unspecified atom stereocenters. The third-order valence-corrected chi connectivity index (χ3v) is 8.38. The highest BCUT2D eigenvalue weighted by molar-refractivity contribution is 6.40. The number of halogens is 11. The number of methoxy groups -OCH3 is 1. The molecule has 0 radical (unpaired) electrons. The van der Waals surface area contributed by atoms with Crippen LogP contribution in [0.3, 0.4) is 0 Å². The standard InChI is InChI=1S/C24H23Cl2F4N3O5.C8H2Cl2F3NO2/c1-37-22(35)19(12-5-3-2-4-6-12)32-21(34)15-8-7-13(27)9-18(15)31-23(36)33-20-16(25)10-14(11-17(20)26)38-24(28,29)30;9-5-1-4(16-8(11,12)13)2-6(10)7(5)14-3-15/h7-12,19H,2-6H2,1H3,(H,32,34)(H2,31,33,36);1-2H/t19-;/m0./s1. The van der Waals surface area contributed by atoms with Crippen molar-refractivity contribution in [3.8, 4) is 11.5 Å². The first kappa shape index (κ1) is 43.9. The third kappa shape index (κ3) is 13.4. The number of isocyanates is 1. The lowest BCUT2D eigenvalue weighted by molar-refractivity contribution is -0.275. The van der Waals surface area contributed by atoms with Crippen LogP contribution in [-0.2, 0) is 14.3 Å². The van der Waals surface area contributed by atoms with Gasteiger partial charge in [-0.05, 0) is 37.0 Å². The first-order chi connectivity index (χ1) is 25.2. The Balaban J connectivity index is 0.000000409. The molecule has 1 aliphatic rings. The second-order valence-electron chi connectivity index (χ2n) is 10.9. The Labute approximate surface area is 321 Å². The number of hydrogen-bond donors (Lipinski definition) is 3. The molecule has 1 saturated carbocycles. The van der Waals surface area contributed by atoms with E-state index in [1.807, 2.05) is 0 Å². The minimum Gasteiger partial charge on any atom is -0.467 e. The molecule has 1 fully saturated rings. The Kier molecular flexibility index (Phi) is 15.6. The molecule has 3 aromatic carbocycles. The first-order valence-electron chi connectivity index (χ1n) is 15.0. The molecule has 3 amide bonds. The number of benzene rings is 3. The molecule has 1 aliphatic carbocycles. The van der Waals surface area contributed by atoms with E-state index in [9.17, 15) is 49.9 Å². The van der Waals surface area contributed by atoms with E-state index in [1.165, 1.54) is 13.2 Å². The molecule has 11 nitrogen and oxygen atoms in total. The molecule has 0 aliphatic heterocycles. The van der Waals surface area contributed by atoms with Gasteiger partial charge in [-0.1, -0.05) is 65.7 Å². The van der Waals surface area contributed by atoms with Crippen molar-refractivity contribution in [2.24, 2.45) is 10.9 Å². The smallest absolute Gasteiger partial charge is 0.467 e. The summed E-state index contributed by atoms with van der Waals surface area (Å²) in [7, 11) is 1.21. The Morgan fingerprint density at radius 2 is 1.33 bits per heavy atom. The fourth-order valence-corrected chi connectivity index (χ4v) is 6.13. The number of anilines is 2. The highest BCUT2D eigenvalue weighted by atomic mass is 35.5. The molecule has 0 aromatic heterocycles. The summed E-state index contributed by atoms with van der Waals surface area (Å²) in [5.74, 6) is -3.60. The quantitative estimate of drug-likeness (QED) is 0.0841. The molecule has 292 valence electrons. The zero-order valence-corrected chi connectivity index (χ0v) is 30.2. The van der Waals surface area contributed by atoms with E-state index < -0.39 is 54.0 Å². The third-order valence-electron chi connectivity index (χ3n) is 7.21. The molecular weight excluding hydrogens is 827 g/mol. The predicted octanol–water partition coefficient (Wildman–Crippen LogP) is 10.4. The van der Waals surface area contributed by atoms with Crippen molar-refractivity contribution in [1.29, 1.82) is 0 Å². The Bertz CT molecular complexity index is 1860. The van der Waals surface area contributed by atoms with Crippen LogP contribution >= 0.6 is 46.4 Å². The predicted molar refractivity (Wildman–Crippen MR) is 183 cm³/mol. The second kappa shape index (κ2) is 19.2. The average Bonchev–Trinajstić information content (AvgIpc) is 3.06. The summed E-state index contributed by atoms with van der Waals surface area (Å²) in [4.78, 5) is 51.2. The number of alkyl halides is 6. The van der Waals surface area contributed by atoms with Gasteiger partial charge in [-0.25, -0.2) is 18.8 Å². The fraction of sp³-hybridized carbons (Fsp3) is 0.312. The molecule has 0 bridgehead atoms. The van der Waals surface area contributed by atoms with Crippen molar-refractivity contribution in [1.82, 2.24) is 5.32 Å². The summed E-state index contributed by atoms with van der Waals surface area (Å²) in [6.07, 6.45) is -4.42. The van der Waals surface area contributed by atoms with Crippen LogP contribution in [0.5, 0.6) is 11.5 Å². The van der Waals surface area contributed by atoms with Crippen LogP contribution < -0.4 is 25.4 Å². The molecule has 4 rings (SSSR count). The monoisotopic (exact) mass is 850 g/mol. The highest BCUT2D eigenvalue weighted by Gasteiger charge is 2.34. The van der Waals surface area contributed by atoms with E-state index in [1.54, 1.807) is 0 Å². The number of esters is 1. The molecule has 3 aromatic rings. The maximum Gasteiger partial charge on any atom is 0.573 e. The SMILES string of the molecule is COC(=O)[C@@H](NC(=O)c1ccc(F)cc1NC(=O)Nc1c(Cl)cc(OC(F)(F)F)cc1Cl)C1CCCCC1.O=C=Nc1c(Cl)cc(OC(F)(F)F)cc1Cl. The molecule has 54 heavy (non-hydrogen) atoms. The summed E-state index contributed by atoms with van der Waals surface area (Å²) in [5, 5.41) is 5.92. The normalized spacial score (nSPS) is 13.6. The van der Waals surface area contributed by atoms with Crippen LogP contribution in [0.2, 0.25) is 20.1 Å². The maximum absolute atomic E-state index is 14.0. The van der Waals surface area contributed by atoms with Gasteiger partial charge in [0.25, 0.3) is 5.91 Å². The van der Waals surface area contributed by atoms with E-state index >= 15 is 0 Å². The fourth-order valence-electron chi connectivity index (χ4n) is 5.02. The number of carbonyl (C=O) groups excluding carboxylic acids is 4. The zero-order chi connectivity index (χ0) is 40.4. The van der Waals surface area contributed by atoms with E-state index in [4.69, 9.17) is 51.1 Å². The van der Waals surface area contributed by atoms with Crippen LogP contribution in [0, 0.1) is 11.7 Å². The number of urea groups is 1. The van der Waals surface area contributed by atoms with Crippen molar-refractivity contribution in [2.45, 2.75) is 50.9 Å². The molecule has 0 spiro atoms. The van der Waals surface area contributed by atoms with Crippen LogP contribution in [0.4, 0.5) is 52.6 Å². The number of amides is 3. The Morgan fingerprint density at radius 1 is 0.815 bits per heavy atom. The Hall–Kier alpha value is -4.48. The average molecular weight is 852 g/mol. The first-order valence-corrected chi connectivity index (χ1v) is 16.6. The number of aliphatic imine (C=N–C) groups is 1. The van der Waals surface area contributed by atoms with E-state index in [0.717, 1.165) is 61.7 Å². The lowest BCUT2D eigenvalue weighted by Gasteiger charge is -2.29. The molecular formula is C32H25Cl4F7N4O7.